The number of halogens is 2. The lowest BCUT2D eigenvalue weighted by atomic mass is 9.86. The quantitative estimate of drug-likeness (QED) is 0.803. The zero-order chi connectivity index (χ0) is 11.7. The fourth-order valence-electron chi connectivity index (χ4n) is 2.08. The second-order valence-corrected chi connectivity index (χ2v) is 4.57. The standard InChI is InChI=1S/C10H13BClFN2O/c1-11(16)15-3-2-7(6-15)10-9(13)4-8(12)5-14-10/h4-5,7,16H,2-3,6H2,1H3. The molecule has 2 rings (SSSR count). The van der Waals surface area contributed by atoms with Crippen molar-refractivity contribution in [2.75, 3.05) is 13.1 Å². The molecule has 86 valence electrons. The van der Waals surface area contributed by atoms with Crippen molar-refractivity contribution in [2.45, 2.75) is 19.2 Å². The largest absolute Gasteiger partial charge is 0.437 e. The van der Waals surface area contributed by atoms with Crippen LogP contribution in [-0.4, -0.2) is 35.0 Å². The Morgan fingerprint density at radius 2 is 2.44 bits per heavy atom. The summed E-state index contributed by atoms with van der Waals surface area (Å²) in [6.07, 6.45) is 2.28. The SMILES string of the molecule is CB(O)N1CCC(c2ncc(Cl)cc2F)C1. The predicted octanol–water partition coefficient (Wildman–Crippen LogP) is 1.77. The number of rotatable bonds is 2. The highest BCUT2D eigenvalue weighted by Gasteiger charge is 2.30. The Morgan fingerprint density at radius 3 is 3.00 bits per heavy atom. The molecular formula is C10H13BClFN2O. The van der Waals surface area contributed by atoms with E-state index in [-0.39, 0.29) is 11.7 Å². The molecule has 6 heteroatoms. The summed E-state index contributed by atoms with van der Waals surface area (Å²) >= 11 is 5.65. The molecule has 1 aliphatic heterocycles. The van der Waals surface area contributed by atoms with E-state index < -0.39 is 7.05 Å². The van der Waals surface area contributed by atoms with Crippen LogP contribution in [0.4, 0.5) is 4.39 Å². The van der Waals surface area contributed by atoms with E-state index in [1.165, 1.54) is 12.3 Å². The molecule has 16 heavy (non-hydrogen) atoms. The average Bonchev–Trinajstić information content (AvgIpc) is 2.66. The molecule has 1 atom stereocenters. The zero-order valence-electron chi connectivity index (χ0n) is 9.03. The van der Waals surface area contributed by atoms with Crippen LogP contribution in [0.2, 0.25) is 11.8 Å². The van der Waals surface area contributed by atoms with E-state index in [0.717, 1.165) is 13.0 Å². The van der Waals surface area contributed by atoms with Gasteiger partial charge < -0.3 is 9.83 Å². The average molecular weight is 242 g/mol. The monoisotopic (exact) mass is 242 g/mol. The molecule has 0 spiro atoms. The lowest BCUT2D eigenvalue weighted by Gasteiger charge is -2.16. The van der Waals surface area contributed by atoms with Crippen molar-refractivity contribution in [1.29, 1.82) is 0 Å². The van der Waals surface area contributed by atoms with E-state index >= 15 is 0 Å². The highest BCUT2D eigenvalue weighted by Crippen LogP contribution is 2.28. The molecule has 0 aromatic carbocycles. The minimum Gasteiger partial charge on any atom is -0.437 e. The normalized spacial score (nSPS) is 21.4. The number of aromatic nitrogens is 1. The van der Waals surface area contributed by atoms with Gasteiger partial charge in [0.15, 0.2) is 0 Å². The maximum atomic E-state index is 13.6. The van der Waals surface area contributed by atoms with Gasteiger partial charge in [-0.2, -0.15) is 0 Å². The smallest absolute Gasteiger partial charge is 0.376 e. The maximum Gasteiger partial charge on any atom is 0.376 e. The third-order valence-electron chi connectivity index (χ3n) is 2.97. The molecule has 1 unspecified atom stereocenters. The summed E-state index contributed by atoms with van der Waals surface area (Å²) in [6, 6.07) is 1.29. The Labute approximate surface area is 99.4 Å². The number of hydrogen-bond donors (Lipinski definition) is 1. The van der Waals surface area contributed by atoms with Crippen LogP contribution in [-0.2, 0) is 0 Å². The van der Waals surface area contributed by atoms with E-state index in [0.29, 0.717) is 17.3 Å². The van der Waals surface area contributed by atoms with Crippen LogP contribution in [0.3, 0.4) is 0 Å². The van der Waals surface area contributed by atoms with Gasteiger partial charge in [-0.3, -0.25) is 4.98 Å². The summed E-state index contributed by atoms with van der Waals surface area (Å²) in [5.41, 5.74) is 0.451. The maximum absolute atomic E-state index is 13.6. The molecule has 1 N–H and O–H groups in total. The second-order valence-electron chi connectivity index (χ2n) is 4.13. The van der Waals surface area contributed by atoms with Gasteiger partial charge in [0.05, 0.1) is 10.7 Å². The van der Waals surface area contributed by atoms with Gasteiger partial charge in [0.1, 0.15) is 5.82 Å². The van der Waals surface area contributed by atoms with Crippen molar-refractivity contribution < 1.29 is 9.41 Å². The van der Waals surface area contributed by atoms with Gasteiger partial charge in [0, 0.05) is 12.1 Å². The van der Waals surface area contributed by atoms with Crippen LogP contribution >= 0.6 is 11.6 Å². The molecule has 1 aliphatic rings. The highest BCUT2D eigenvalue weighted by molar-refractivity contribution is 6.45. The topological polar surface area (TPSA) is 36.4 Å². The zero-order valence-corrected chi connectivity index (χ0v) is 9.78. The summed E-state index contributed by atoms with van der Waals surface area (Å²) in [6.45, 7) is 3.13. The van der Waals surface area contributed by atoms with Crippen molar-refractivity contribution in [3.05, 3.63) is 28.8 Å². The Kier molecular flexibility index (Phi) is 3.47. The van der Waals surface area contributed by atoms with Gasteiger partial charge in [-0.25, -0.2) is 4.39 Å². The Hall–Kier alpha value is -0.645. The van der Waals surface area contributed by atoms with E-state index in [4.69, 9.17) is 11.6 Å². The molecule has 1 aromatic heterocycles. The van der Waals surface area contributed by atoms with Crippen molar-refractivity contribution >= 4 is 18.7 Å². The minimum atomic E-state index is -0.486. The summed E-state index contributed by atoms with van der Waals surface area (Å²) in [7, 11) is -0.486. The first kappa shape index (κ1) is 11.8. The summed E-state index contributed by atoms with van der Waals surface area (Å²) in [5, 5.41) is 9.73. The van der Waals surface area contributed by atoms with Gasteiger partial charge in [-0.05, 0) is 32.4 Å². The molecule has 3 nitrogen and oxygen atoms in total. The molecule has 1 fully saturated rings. The fourth-order valence-corrected chi connectivity index (χ4v) is 2.22. The minimum absolute atomic E-state index is 0.0480. The van der Waals surface area contributed by atoms with Crippen molar-refractivity contribution in [3.8, 4) is 0 Å². The van der Waals surface area contributed by atoms with Crippen molar-refractivity contribution in [3.63, 3.8) is 0 Å². The molecule has 1 saturated heterocycles. The predicted molar refractivity (Wildman–Crippen MR) is 62.0 cm³/mol. The molecule has 0 saturated carbocycles. The molecule has 1 aromatic rings. The molecule has 0 bridgehead atoms. The first-order valence-electron chi connectivity index (χ1n) is 5.31. The second kappa shape index (κ2) is 4.69. The summed E-state index contributed by atoms with van der Waals surface area (Å²) < 4.78 is 13.6. The first-order valence-corrected chi connectivity index (χ1v) is 5.69. The molecule has 0 radical (unpaired) electrons. The molecule has 2 heterocycles. The number of nitrogens with zero attached hydrogens (tertiary/aromatic N) is 2. The Morgan fingerprint density at radius 1 is 1.69 bits per heavy atom. The van der Waals surface area contributed by atoms with E-state index in [9.17, 15) is 9.41 Å². The lowest BCUT2D eigenvalue weighted by molar-refractivity contribution is 0.418. The van der Waals surface area contributed by atoms with Crippen LogP contribution in [0.15, 0.2) is 12.3 Å². The number of pyridine rings is 1. The van der Waals surface area contributed by atoms with Gasteiger partial charge >= 0.3 is 7.05 Å². The Balaban J connectivity index is 2.14. The highest BCUT2D eigenvalue weighted by atomic mass is 35.5. The van der Waals surface area contributed by atoms with Crippen LogP contribution in [0.1, 0.15) is 18.0 Å². The van der Waals surface area contributed by atoms with E-state index in [2.05, 4.69) is 4.98 Å². The summed E-state index contributed by atoms with van der Waals surface area (Å²) in [4.78, 5) is 5.94. The van der Waals surface area contributed by atoms with Gasteiger partial charge in [0.2, 0.25) is 0 Å². The van der Waals surface area contributed by atoms with Gasteiger partial charge in [0.25, 0.3) is 0 Å². The molecular weight excluding hydrogens is 229 g/mol. The van der Waals surface area contributed by atoms with Gasteiger partial charge in [-0.15, -0.1) is 0 Å². The first-order chi connectivity index (χ1) is 7.58. The van der Waals surface area contributed by atoms with Crippen LogP contribution in [0.25, 0.3) is 0 Å². The molecule has 0 aliphatic carbocycles. The van der Waals surface area contributed by atoms with Crippen LogP contribution < -0.4 is 0 Å². The summed E-state index contributed by atoms with van der Waals surface area (Å²) in [5.74, 6) is -0.309. The third kappa shape index (κ3) is 2.37. The number of hydrogen-bond acceptors (Lipinski definition) is 3. The lowest BCUT2D eigenvalue weighted by Crippen LogP contribution is -2.34. The van der Waals surface area contributed by atoms with Crippen molar-refractivity contribution in [2.24, 2.45) is 0 Å². The Bertz CT molecular complexity index is 391. The van der Waals surface area contributed by atoms with Gasteiger partial charge in [-0.1, -0.05) is 11.6 Å². The van der Waals surface area contributed by atoms with Crippen molar-refractivity contribution in [1.82, 2.24) is 9.79 Å². The van der Waals surface area contributed by atoms with E-state index in [1.807, 2.05) is 4.81 Å². The molecule has 0 amide bonds. The third-order valence-corrected chi connectivity index (χ3v) is 3.18. The fraction of sp³-hybridized carbons (Fsp3) is 0.500. The van der Waals surface area contributed by atoms with Crippen LogP contribution in [0.5, 0.6) is 0 Å². The van der Waals surface area contributed by atoms with E-state index in [1.54, 1.807) is 6.82 Å². The van der Waals surface area contributed by atoms with Crippen LogP contribution in [0, 0.1) is 5.82 Å².